The molecule has 2 rings (SSSR count). The number of rotatable bonds is 7. The fourth-order valence-electron chi connectivity index (χ4n) is 3.93. The summed E-state index contributed by atoms with van der Waals surface area (Å²) in [5.74, 6) is 0.261. The van der Waals surface area contributed by atoms with Crippen LogP contribution in [0.15, 0.2) is 0 Å². The SMILES string of the molecule is CCC(CC)(CN)NS(=O)(=O)C1CCCN(C(=O)C2CCCC2)C1. The number of carbonyl (C=O) groups is 1. The molecule has 1 aliphatic heterocycles. The molecule has 2 aliphatic rings. The van der Waals surface area contributed by atoms with Crippen molar-refractivity contribution < 1.29 is 13.2 Å². The number of sulfonamides is 1. The third-order valence-corrected chi connectivity index (χ3v) is 7.92. The third kappa shape index (κ3) is 4.29. The van der Waals surface area contributed by atoms with Crippen LogP contribution in [0.3, 0.4) is 0 Å². The molecule has 0 bridgehead atoms. The van der Waals surface area contributed by atoms with Crippen LogP contribution in [0.2, 0.25) is 0 Å². The summed E-state index contributed by atoms with van der Waals surface area (Å²) < 4.78 is 28.6. The van der Waals surface area contributed by atoms with Gasteiger partial charge in [0.25, 0.3) is 0 Å². The maximum atomic E-state index is 12.9. The number of piperidine rings is 1. The molecule has 24 heavy (non-hydrogen) atoms. The minimum absolute atomic E-state index is 0.105. The summed E-state index contributed by atoms with van der Waals surface area (Å²) in [7, 11) is -3.49. The van der Waals surface area contributed by atoms with Gasteiger partial charge in [0.1, 0.15) is 0 Å². The molecule has 1 aliphatic carbocycles. The van der Waals surface area contributed by atoms with E-state index in [-0.39, 0.29) is 18.4 Å². The van der Waals surface area contributed by atoms with Gasteiger partial charge in [0.05, 0.1) is 5.25 Å². The van der Waals surface area contributed by atoms with Crippen molar-refractivity contribution in [1.29, 1.82) is 0 Å². The summed E-state index contributed by atoms with van der Waals surface area (Å²) in [6, 6.07) is 0. The van der Waals surface area contributed by atoms with E-state index in [0.29, 0.717) is 32.4 Å². The lowest BCUT2D eigenvalue weighted by Crippen LogP contribution is -2.57. The highest BCUT2D eigenvalue weighted by Crippen LogP contribution is 2.29. The lowest BCUT2D eigenvalue weighted by Gasteiger charge is -2.37. The number of likely N-dealkylation sites (tertiary alicyclic amines) is 1. The van der Waals surface area contributed by atoms with Crippen LogP contribution in [-0.4, -0.2) is 49.6 Å². The molecule has 3 N–H and O–H groups in total. The molecule has 1 saturated heterocycles. The molecule has 140 valence electrons. The summed E-state index contributed by atoms with van der Waals surface area (Å²) in [6.45, 7) is 5.20. The Morgan fingerprint density at radius 3 is 2.33 bits per heavy atom. The molecule has 6 nitrogen and oxygen atoms in total. The van der Waals surface area contributed by atoms with E-state index in [4.69, 9.17) is 5.73 Å². The second-order valence-electron chi connectivity index (χ2n) is 7.37. The first-order chi connectivity index (χ1) is 11.4. The summed E-state index contributed by atoms with van der Waals surface area (Å²) in [5.41, 5.74) is 5.26. The first-order valence-corrected chi connectivity index (χ1v) is 10.9. The lowest BCUT2D eigenvalue weighted by atomic mass is 9.95. The maximum Gasteiger partial charge on any atom is 0.225 e. The predicted molar refractivity (Wildman–Crippen MR) is 96.0 cm³/mol. The van der Waals surface area contributed by atoms with Gasteiger partial charge in [-0.2, -0.15) is 0 Å². The van der Waals surface area contributed by atoms with E-state index in [2.05, 4.69) is 4.72 Å². The van der Waals surface area contributed by atoms with Gasteiger partial charge in [-0.1, -0.05) is 26.7 Å². The van der Waals surface area contributed by atoms with Gasteiger partial charge in [0.15, 0.2) is 0 Å². The van der Waals surface area contributed by atoms with Crippen LogP contribution in [-0.2, 0) is 14.8 Å². The number of amides is 1. The van der Waals surface area contributed by atoms with Crippen molar-refractivity contribution in [2.24, 2.45) is 11.7 Å². The Morgan fingerprint density at radius 1 is 1.17 bits per heavy atom. The van der Waals surface area contributed by atoms with Crippen LogP contribution in [0.4, 0.5) is 0 Å². The Balaban J connectivity index is 2.05. The Hall–Kier alpha value is -0.660. The van der Waals surface area contributed by atoms with Gasteiger partial charge >= 0.3 is 0 Å². The van der Waals surface area contributed by atoms with Crippen LogP contribution in [0.25, 0.3) is 0 Å². The standard InChI is InChI=1S/C17H33N3O3S/c1-3-17(4-2,13-18)19-24(22,23)15-10-7-11-20(12-15)16(21)14-8-5-6-9-14/h14-15,19H,3-13,18H2,1-2H3. The van der Waals surface area contributed by atoms with Crippen molar-refractivity contribution in [3.8, 4) is 0 Å². The molecule has 1 heterocycles. The number of nitrogens with two attached hydrogens (primary N) is 1. The van der Waals surface area contributed by atoms with Gasteiger partial charge in [-0.3, -0.25) is 4.79 Å². The Kier molecular flexibility index (Phi) is 6.67. The molecule has 7 heteroatoms. The van der Waals surface area contributed by atoms with Gasteiger partial charge in [0, 0.05) is 31.1 Å². The number of nitrogens with zero attached hydrogens (tertiary/aromatic N) is 1. The normalized spacial score (nSPS) is 23.6. The summed E-state index contributed by atoms with van der Waals surface area (Å²) in [4.78, 5) is 14.4. The highest BCUT2D eigenvalue weighted by Gasteiger charge is 2.39. The average Bonchev–Trinajstić information content (AvgIpc) is 3.14. The van der Waals surface area contributed by atoms with Crippen LogP contribution >= 0.6 is 0 Å². The predicted octanol–water partition coefficient (Wildman–Crippen LogP) is 1.60. The van der Waals surface area contributed by atoms with Crippen LogP contribution in [0, 0.1) is 5.92 Å². The smallest absolute Gasteiger partial charge is 0.225 e. The molecule has 1 amide bonds. The monoisotopic (exact) mass is 359 g/mol. The highest BCUT2D eigenvalue weighted by molar-refractivity contribution is 7.90. The van der Waals surface area contributed by atoms with Crippen LogP contribution < -0.4 is 10.5 Å². The fraction of sp³-hybridized carbons (Fsp3) is 0.941. The number of hydrogen-bond acceptors (Lipinski definition) is 4. The van der Waals surface area contributed by atoms with Gasteiger partial charge in [-0.05, 0) is 38.5 Å². The zero-order valence-electron chi connectivity index (χ0n) is 15.1. The van der Waals surface area contributed by atoms with Crippen LogP contribution in [0.5, 0.6) is 0 Å². The van der Waals surface area contributed by atoms with E-state index in [9.17, 15) is 13.2 Å². The van der Waals surface area contributed by atoms with Gasteiger partial charge < -0.3 is 10.6 Å². The summed E-state index contributed by atoms with van der Waals surface area (Å²) in [5, 5.41) is -0.527. The molecule has 1 saturated carbocycles. The first-order valence-electron chi connectivity index (χ1n) is 9.39. The van der Waals surface area contributed by atoms with Gasteiger partial charge in [-0.25, -0.2) is 13.1 Å². The zero-order chi connectivity index (χ0) is 17.8. The number of carbonyl (C=O) groups excluding carboxylic acids is 1. The Labute approximate surface area is 146 Å². The Bertz CT molecular complexity index is 517. The molecular weight excluding hydrogens is 326 g/mol. The largest absolute Gasteiger partial charge is 0.341 e. The van der Waals surface area contributed by atoms with Crippen molar-refractivity contribution in [3.05, 3.63) is 0 Å². The number of hydrogen-bond donors (Lipinski definition) is 2. The molecular formula is C17H33N3O3S. The van der Waals surface area contributed by atoms with Crippen molar-refractivity contribution in [1.82, 2.24) is 9.62 Å². The third-order valence-electron chi connectivity index (χ3n) is 5.94. The summed E-state index contributed by atoms with van der Waals surface area (Å²) >= 11 is 0. The molecule has 0 aromatic carbocycles. The minimum atomic E-state index is -3.49. The zero-order valence-corrected chi connectivity index (χ0v) is 15.9. The second kappa shape index (κ2) is 8.15. The number of nitrogens with one attached hydrogen (secondary N) is 1. The van der Waals surface area contributed by atoms with Crippen molar-refractivity contribution in [2.75, 3.05) is 19.6 Å². The van der Waals surface area contributed by atoms with E-state index in [1.165, 1.54) is 0 Å². The molecule has 0 aromatic rings. The van der Waals surface area contributed by atoms with E-state index >= 15 is 0 Å². The summed E-state index contributed by atoms with van der Waals surface area (Å²) in [6.07, 6.45) is 6.81. The van der Waals surface area contributed by atoms with E-state index in [0.717, 1.165) is 32.1 Å². The fourth-order valence-corrected chi connectivity index (χ4v) is 5.93. The Morgan fingerprint density at radius 2 is 1.79 bits per heavy atom. The van der Waals surface area contributed by atoms with Crippen molar-refractivity contribution in [2.45, 2.75) is 76.0 Å². The minimum Gasteiger partial charge on any atom is -0.341 e. The molecule has 0 spiro atoms. The van der Waals surface area contributed by atoms with Gasteiger partial charge in [-0.15, -0.1) is 0 Å². The van der Waals surface area contributed by atoms with Crippen LogP contribution in [0.1, 0.15) is 65.2 Å². The van der Waals surface area contributed by atoms with Crippen molar-refractivity contribution in [3.63, 3.8) is 0 Å². The van der Waals surface area contributed by atoms with Crippen molar-refractivity contribution >= 4 is 15.9 Å². The second-order valence-corrected chi connectivity index (χ2v) is 9.33. The maximum absolute atomic E-state index is 12.9. The average molecular weight is 360 g/mol. The van der Waals surface area contributed by atoms with E-state index in [1.54, 1.807) is 4.90 Å². The first kappa shape index (κ1) is 19.7. The van der Waals surface area contributed by atoms with Gasteiger partial charge in [0.2, 0.25) is 15.9 Å². The molecule has 1 atom stereocenters. The molecule has 0 aromatic heterocycles. The molecule has 0 radical (unpaired) electrons. The molecule has 1 unspecified atom stereocenters. The van der Waals surface area contributed by atoms with E-state index in [1.807, 2.05) is 13.8 Å². The topological polar surface area (TPSA) is 92.5 Å². The molecule has 2 fully saturated rings. The lowest BCUT2D eigenvalue weighted by molar-refractivity contribution is -0.136. The van der Waals surface area contributed by atoms with E-state index < -0.39 is 20.8 Å². The quantitative estimate of drug-likeness (QED) is 0.722. The highest BCUT2D eigenvalue weighted by atomic mass is 32.2.